The van der Waals surface area contributed by atoms with Gasteiger partial charge in [-0.1, -0.05) is 15.9 Å². The van der Waals surface area contributed by atoms with Gasteiger partial charge in [0.25, 0.3) is 0 Å². The molecule has 1 heterocycles. The van der Waals surface area contributed by atoms with Gasteiger partial charge in [0.1, 0.15) is 6.61 Å². The summed E-state index contributed by atoms with van der Waals surface area (Å²) in [6.07, 6.45) is -0.387. The topological polar surface area (TPSA) is 53.3 Å². The third kappa shape index (κ3) is 2.42. The van der Waals surface area contributed by atoms with Crippen LogP contribution in [-0.2, 0) is 4.74 Å². The molecule has 0 spiro atoms. The number of anilines is 1. The van der Waals surface area contributed by atoms with Crippen LogP contribution in [0.15, 0.2) is 22.7 Å². The number of aryl methyl sites for hydroxylation is 1. The highest BCUT2D eigenvalue weighted by Crippen LogP contribution is 2.27. The Balaban J connectivity index is 2.31. The zero-order valence-corrected chi connectivity index (χ0v) is 10.9. The monoisotopic (exact) mass is 294 g/mol. The fraction of sp³-hybridized carbons (Fsp3) is 0.333. The van der Waals surface area contributed by atoms with Gasteiger partial charge in [-0.2, -0.15) is 5.26 Å². The molecule has 88 valence electrons. The Hall–Kier alpha value is -1.54. The van der Waals surface area contributed by atoms with Gasteiger partial charge in [0, 0.05) is 11.0 Å². The number of amides is 1. The molecule has 1 amide bonds. The molecule has 1 aromatic rings. The molecule has 1 aliphatic heterocycles. The van der Waals surface area contributed by atoms with E-state index in [0.717, 1.165) is 15.7 Å². The van der Waals surface area contributed by atoms with Gasteiger partial charge in [0.05, 0.1) is 17.7 Å². The first-order chi connectivity index (χ1) is 8.11. The van der Waals surface area contributed by atoms with Gasteiger partial charge in [-0.3, -0.25) is 4.90 Å². The van der Waals surface area contributed by atoms with Crippen LogP contribution in [0.4, 0.5) is 10.5 Å². The molecule has 1 fully saturated rings. The lowest BCUT2D eigenvalue weighted by molar-refractivity contribution is 0.127. The normalized spacial score (nSPS) is 19.7. The highest BCUT2D eigenvalue weighted by atomic mass is 79.9. The van der Waals surface area contributed by atoms with Gasteiger partial charge in [0.2, 0.25) is 0 Å². The average Bonchev–Trinajstić information content (AvgIpc) is 2.30. The molecular weight excluding hydrogens is 284 g/mol. The first kappa shape index (κ1) is 11.9. The van der Waals surface area contributed by atoms with E-state index in [1.165, 1.54) is 4.90 Å². The van der Waals surface area contributed by atoms with Gasteiger partial charge < -0.3 is 4.74 Å². The quantitative estimate of drug-likeness (QED) is 0.800. The molecule has 17 heavy (non-hydrogen) atoms. The van der Waals surface area contributed by atoms with E-state index in [2.05, 4.69) is 22.0 Å². The molecule has 0 radical (unpaired) electrons. The van der Waals surface area contributed by atoms with Crippen LogP contribution < -0.4 is 4.90 Å². The van der Waals surface area contributed by atoms with Crippen LogP contribution in [0.2, 0.25) is 0 Å². The molecule has 0 N–H and O–H groups in total. The fourth-order valence-electron chi connectivity index (χ4n) is 1.79. The summed E-state index contributed by atoms with van der Waals surface area (Å²) in [4.78, 5) is 13.2. The van der Waals surface area contributed by atoms with E-state index in [9.17, 15) is 4.79 Å². The Morgan fingerprint density at radius 2 is 2.35 bits per heavy atom. The maximum Gasteiger partial charge on any atom is 0.414 e. The lowest BCUT2D eigenvalue weighted by atomic mass is 10.1. The van der Waals surface area contributed by atoms with Crippen molar-refractivity contribution in [3.63, 3.8) is 0 Å². The number of carbonyl (C=O) groups is 1. The second kappa shape index (κ2) is 4.76. The van der Waals surface area contributed by atoms with E-state index in [-0.39, 0.29) is 18.6 Å². The van der Waals surface area contributed by atoms with Crippen molar-refractivity contribution < 1.29 is 9.53 Å². The number of hydrogen-bond donors (Lipinski definition) is 0. The first-order valence-electron chi connectivity index (χ1n) is 5.22. The Labute approximate surface area is 108 Å². The first-order valence-corrected chi connectivity index (χ1v) is 6.01. The number of cyclic esters (lactones) is 1. The Kier molecular flexibility index (Phi) is 3.34. The van der Waals surface area contributed by atoms with Crippen LogP contribution in [-0.4, -0.2) is 19.2 Å². The minimum Gasteiger partial charge on any atom is -0.448 e. The fourth-order valence-corrected chi connectivity index (χ4v) is 2.27. The SMILES string of the molecule is Cc1cc(Br)ccc1N1CC(C#N)COC1=O. The second-order valence-electron chi connectivity index (χ2n) is 3.94. The number of nitriles is 1. The van der Waals surface area contributed by atoms with E-state index in [1.54, 1.807) is 0 Å². The lowest BCUT2D eigenvalue weighted by Gasteiger charge is -2.30. The number of carbonyl (C=O) groups excluding carboxylic acids is 1. The highest BCUT2D eigenvalue weighted by Gasteiger charge is 2.28. The summed E-state index contributed by atoms with van der Waals surface area (Å²) >= 11 is 3.37. The molecule has 0 aromatic heterocycles. The molecule has 0 aliphatic carbocycles. The minimum absolute atomic E-state index is 0.182. The summed E-state index contributed by atoms with van der Waals surface area (Å²) in [5, 5.41) is 8.88. The van der Waals surface area contributed by atoms with Crippen molar-refractivity contribution in [2.24, 2.45) is 5.92 Å². The summed E-state index contributed by atoms with van der Waals surface area (Å²) in [6, 6.07) is 7.77. The number of rotatable bonds is 1. The predicted octanol–water partition coefficient (Wildman–Crippen LogP) is 2.85. The zero-order valence-electron chi connectivity index (χ0n) is 9.31. The smallest absolute Gasteiger partial charge is 0.414 e. The van der Waals surface area contributed by atoms with Gasteiger partial charge in [-0.15, -0.1) is 0 Å². The third-order valence-corrected chi connectivity index (χ3v) is 3.16. The molecule has 1 saturated heterocycles. The maximum absolute atomic E-state index is 11.7. The highest BCUT2D eigenvalue weighted by molar-refractivity contribution is 9.10. The van der Waals surface area contributed by atoms with Crippen molar-refractivity contribution in [3.8, 4) is 6.07 Å². The van der Waals surface area contributed by atoms with E-state index in [4.69, 9.17) is 10.00 Å². The van der Waals surface area contributed by atoms with Crippen LogP contribution in [0.5, 0.6) is 0 Å². The van der Waals surface area contributed by atoms with E-state index in [0.29, 0.717) is 6.54 Å². The Morgan fingerprint density at radius 1 is 1.59 bits per heavy atom. The maximum atomic E-state index is 11.7. The van der Waals surface area contributed by atoms with Crippen molar-refractivity contribution in [1.29, 1.82) is 5.26 Å². The Morgan fingerprint density at radius 3 is 3.00 bits per heavy atom. The van der Waals surface area contributed by atoms with Crippen molar-refractivity contribution in [2.75, 3.05) is 18.1 Å². The Bertz CT molecular complexity index is 496. The molecule has 1 aliphatic rings. The minimum atomic E-state index is -0.387. The molecule has 4 nitrogen and oxygen atoms in total. The van der Waals surface area contributed by atoms with Crippen LogP contribution in [0.3, 0.4) is 0 Å². The third-order valence-electron chi connectivity index (χ3n) is 2.66. The van der Waals surface area contributed by atoms with E-state index >= 15 is 0 Å². The van der Waals surface area contributed by atoms with Crippen LogP contribution in [0.1, 0.15) is 5.56 Å². The van der Waals surface area contributed by atoms with Crippen LogP contribution in [0.25, 0.3) is 0 Å². The summed E-state index contributed by atoms with van der Waals surface area (Å²) in [5.74, 6) is -0.268. The lowest BCUT2D eigenvalue weighted by Crippen LogP contribution is -2.43. The number of nitrogens with zero attached hydrogens (tertiary/aromatic N) is 2. The molecule has 2 rings (SSSR count). The second-order valence-corrected chi connectivity index (χ2v) is 4.86. The van der Waals surface area contributed by atoms with Crippen molar-refractivity contribution in [1.82, 2.24) is 0 Å². The van der Waals surface area contributed by atoms with Gasteiger partial charge in [-0.25, -0.2) is 4.79 Å². The molecule has 0 bridgehead atoms. The van der Waals surface area contributed by atoms with Crippen molar-refractivity contribution >= 4 is 27.7 Å². The van der Waals surface area contributed by atoms with Gasteiger partial charge in [0.15, 0.2) is 0 Å². The van der Waals surface area contributed by atoms with Gasteiger partial charge in [-0.05, 0) is 30.7 Å². The summed E-state index contributed by atoms with van der Waals surface area (Å²) in [7, 11) is 0. The number of halogens is 1. The predicted molar refractivity (Wildman–Crippen MR) is 66.7 cm³/mol. The zero-order chi connectivity index (χ0) is 12.4. The molecule has 1 atom stereocenters. The van der Waals surface area contributed by atoms with Crippen LogP contribution >= 0.6 is 15.9 Å². The summed E-state index contributed by atoms with van der Waals surface area (Å²) in [6.45, 7) is 2.49. The summed E-state index contributed by atoms with van der Waals surface area (Å²) in [5.41, 5.74) is 1.76. The number of benzene rings is 1. The van der Waals surface area contributed by atoms with E-state index < -0.39 is 0 Å². The number of ether oxygens (including phenoxy) is 1. The molecule has 1 aromatic carbocycles. The average molecular weight is 295 g/mol. The molecule has 0 saturated carbocycles. The number of hydrogen-bond acceptors (Lipinski definition) is 3. The molecule has 1 unspecified atom stereocenters. The standard InChI is InChI=1S/C12H11BrN2O2/c1-8-4-10(13)2-3-11(8)15-6-9(5-14)7-17-12(15)16/h2-4,9H,6-7H2,1H3. The van der Waals surface area contributed by atoms with Crippen molar-refractivity contribution in [3.05, 3.63) is 28.2 Å². The van der Waals surface area contributed by atoms with Crippen LogP contribution in [0, 0.1) is 24.2 Å². The summed E-state index contributed by atoms with van der Waals surface area (Å²) < 4.78 is 5.95. The molecule has 5 heteroatoms. The largest absolute Gasteiger partial charge is 0.448 e. The van der Waals surface area contributed by atoms with Crippen molar-refractivity contribution in [2.45, 2.75) is 6.92 Å². The van der Waals surface area contributed by atoms with Gasteiger partial charge >= 0.3 is 6.09 Å². The van der Waals surface area contributed by atoms with E-state index in [1.807, 2.05) is 25.1 Å². The molecular formula is C12H11BrN2O2.